The summed E-state index contributed by atoms with van der Waals surface area (Å²) in [5, 5.41) is 3.79. The second-order valence-electron chi connectivity index (χ2n) is 7.62. The predicted octanol–water partition coefficient (Wildman–Crippen LogP) is 0.922. The van der Waals surface area contributed by atoms with Crippen LogP contribution in [0.15, 0.2) is 0 Å². The minimum absolute atomic E-state index is 0.0104. The van der Waals surface area contributed by atoms with Gasteiger partial charge in [-0.1, -0.05) is 0 Å². The summed E-state index contributed by atoms with van der Waals surface area (Å²) in [6, 6.07) is 1.17. The number of fused-ring (bicyclic) bond motifs is 3. The summed E-state index contributed by atoms with van der Waals surface area (Å²) in [6.07, 6.45) is 1.11. The Bertz CT molecular complexity index is 334. The monoisotopic (exact) mass is 267 g/mol. The lowest BCUT2D eigenvalue weighted by Gasteiger charge is -2.48. The van der Waals surface area contributed by atoms with E-state index in [1.165, 1.54) is 32.7 Å². The van der Waals surface area contributed by atoms with Crippen LogP contribution in [0.2, 0.25) is 0 Å². The normalized spacial score (nSPS) is 43.6. The van der Waals surface area contributed by atoms with Gasteiger partial charge in [-0.05, 0) is 34.1 Å². The van der Waals surface area contributed by atoms with Crippen molar-refractivity contribution < 1.29 is 4.74 Å². The Kier molecular flexibility index (Phi) is 3.41. The largest absolute Gasteiger partial charge is 0.368 e. The van der Waals surface area contributed by atoms with Crippen molar-refractivity contribution in [3.05, 3.63) is 0 Å². The van der Waals surface area contributed by atoms with E-state index in [9.17, 15) is 0 Å². The van der Waals surface area contributed by atoms with Gasteiger partial charge in [0.15, 0.2) is 0 Å². The number of hydrogen-bond donors (Lipinski definition) is 1. The van der Waals surface area contributed by atoms with Crippen molar-refractivity contribution in [1.82, 2.24) is 15.1 Å². The molecule has 0 radical (unpaired) electrons. The number of rotatable bonds is 3. The predicted molar refractivity (Wildman–Crippen MR) is 77.5 cm³/mol. The summed E-state index contributed by atoms with van der Waals surface area (Å²) in [6.45, 7) is 16.2. The van der Waals surface area contributed by atoms with Crippen molar-refractivity contribution in [2.75, 3.05) is 39.3 Å². The van der Waals surface area contributed by atoms with Crippen LogP contribution in [0.4, 0.5) is 0 Å². The highest BCUT2D eigenvalue weighted by molar-refractivity contribution is 5.00. The maximum Gasteiger partial charge on any atom is 0.0787 e. The first-order valence-corrected chi connectivity index (χ1v) is 7.76. The van der Waals surface area contributed by atoms with Crippen molar-refractivity contribution in [3.63, 3.8) is 0 Å². The Labute approximate surface area is 117 Å². The van der Waals surface area contributed by atoms with Gasteiger partial charge in [-0.25, -0.2) is 0 Å². The van der Waals surface area contributed by atoms with Crippen molar-refractivity contribution in [3.8, 4) is 0 Å². The van der Waals surface area contributed by atoms with Crippen molar-refractivity contribution in [2.24, 2.45) is 0 Å². The Morgan fingerprint density at radius 1 is 1.11 bits per heavy atom. The standard InChI is InChI=1S/C15H29N3O/c1-14(2)9-13(15(3,4)19-14)16-10-12-11-17-5-7-18(12)8-6-17/h12-13,16H,5-11H2,1-4H3/t12-,13-/m0/s1. The summed E-state index contributed by atoms with van der Waals surface area (Å²) >= 11 is 0. The van der Waals surface area contributed by atoms with Gasteiger partial charge in [0.25, 0.3) is 0 Å². The molecule has 2 atom stereocenters. The Morgan fingerprint density at radius 3 is 2.26 bits per heavy atom. The highest BCUT2D eigenvalue weighted by atomic mass is 16.5. The number of ether oxygens (including phenoxy) is 1. The first-order chi connectivity index (χ1) is 8.86. The molecule has 0 aliphatic carbocycles. The van der Waals surface area contributed by atoms with Crippen LogP contribution in [0.25, 0.3) is 0 Å². The summed E-state index contributed by atoms with van der Waals surface area (Å²) in [7, 11) is 0. The zero-order valence-electron chi connectivity index (χ0n) is 12.9. The van der Waals surface area contributed by atoms with Gasteiger partial charge in [0.05, 0.1) is 11.2 Å². The molecule has 4 rings (SSSR count). The fourth-order valence-electron chi connectivity index (χ4n) is 4.08. The zero-order chi connectivity index (χ0) is 13.7. The summed E-state index contributed by atoms with van der Waals surface area (Å²) < 4.78 is 6.16. The molecule has 19 heavy (non-hydrogen) atoms. The van der Waals surface area contributed by atoms with Gasteiger partial charge in [-0.15, -0.1) is 0 Å². The van der Waals surface area contributed by atoms with Crippen LogP contribution in [0.3, 0.4) is 0 Å². The molecule has 1 N–H and O–H groups in total. The van der Waals surface area contributed by atoms with Crippen LogP contribution in [-0.2, 0) is 4.74 Å². The third-order valence-corrected chi connectivity index (χ3v) is 5.07. The maximum absolute atomic E-state index is 6.16. The van der Waals surface area contributed by atoms with Gasteiger partial charge in [-0.2, -0.15) is 0 Å². The van der Waals surface area contributed by atoms with Crippen LogP contribution in [0.5, 0.6) is 0 Å². The number of piperazine rings is 3. The van der Waals surface area contributed by atoms with E-state index in [0.717, 1.165) is 13.0 Å². The fraction of sp³-hybridized carbons (Fsp3) is 1.00. The zero-order valence-corrected chi connectivity index (χ0v) is 12.9. The molecule has 0 amide bonds. The number of nitrogens with zero attached hydrogens (tertiary/aromatic N) is 2. The summed E-state index contributed by atoms with van der Waals surface area (Å²) in [5.74, 6) is 0. The quantitative estimate of drug-likeness (QED) is 0.823. The molecule has 110 valence electrons. The molecule has 0 unspecified atom stereocenters. The van der Waals surface area contributed by atoms with Crippen LogP contribution in [-0.4, -0.2) is 72.4 Å². The Morgan fingerprint density at radius 2 is 1.79 bits per heavy atom. The molecule has 0 aromatic heterocycles. The van der Waals surface area contributed by atoms with Crippen LogP contribution >= 0.6 is 0 Å². The molecule has 0 saturated carbocycles. The molecule has 4 fully saturated rings. The van der Waals surface area contributed by atoms with Crippen LogP contribution in [0, 0.1) is 0 Å². The minimum atomic E-state index is -0.0488. The third-order valence-electron chi connectivity index (χ3n) is 5.07. The maximum atomic E-state index is 6.16. The molecular formula is C15H29N3O. The second-order valence-corrected chi connectivity index (χ2v) is 7.62. The van der Waals surface area contributed by atoms with Crippen molar-refractivity contribution in [1.29, 1.82) is 0 Å². The van der Waals surface area contributed by atoms with E-state index < -0.39 is 0 Å². The third kappa shape index (κ3) is 2.82. The molecule has 4 aliphatic heterocycles. The molecule has 4 heterocycles. The smallest absolute Gasteiger partial charge is 0.0787 e. The average molecular weight is 267 g/mol. The van der Waals surface area contributed by atoms with Gasteiger partial charge in [0.1, 0.15) is 0 Å². The lowest BCUT2D eigenvalue weighted by Crippen LogP contribution is -2.64. The Balaban J connectivity index is 1.55. The van der Waals surface area contributed by atoms with Crippen molar-refractivity contribution in [2.45, 2.75) is 57.4 Å². The van der Waals surface area contributed by atoms with Gasteiger partial charge < -0.3 is 10.1 Å². The molecule has 2 bridgehead atoms. The minimum Gasteiger partial charge on any atom is -0.368 e. The van der Waals surface area contributed by atoms with E-state index in [0.29, 0.717) is 12.1 Å². The molecular weight excluding hydrogens is 238 g/mol. The van der Waals surface area contributed by atoms with E-state index in [2.05, 4.69) is 42.8 Å². The Hall–Kier alpha value is -0.160. The fourth-order valence-corrected chi connectivity index (χ4v) is 4.08. The van der Waals surface area contributed by atoms with E-state index in [1.54, 1.807) is 0 Å². The van der Waals surface area contributed by atoms with E-state index in [4.69, 9.17) is 4.74 Å². The number of hydrogen-bond acceptors (Lipinski definition) is 4. The van der Waals surface area contributed by atoms with Gasteiger partial charge in [0, 0.05) is 51.4 Å². The van der Waals surface area contributed by atoms with Crippen LogP contribution < -0.4 is 5.32 Å². The average Bonchev–Trinajstić information content (AvgIpc) is 2.56. The van der Waals surface area contributed by atoms with Crippen LogP contribution in [0.1, 0.15) is 34.1 Å². The molecule has 0 aromatic rings. The molecule has 4 saturated heterocycles. The lowest BCUT2D eigenvalue weighted by atomic mass is 9.94. The lowest BCUT2D eigenvalue weighted by molar-refractivity contribution is -0.0706. The SMILES string of the molecule is CC1(C)C[C@H](NC[C@H]2CN3CCN2CC3)C(C)(C)O1. The molecule has 4 nitrogen and oxygen atoms in total. The van der Waals surface area contributed by atoms with Crippen molar-refractivity contribution >= 4 is 0 Å². The molecule has 4 heteroatoms. The molecule has 0 spiro atoms. The first kappa shape index (κ1) is 13.8. The van der Waals surface area contributed by atoms with E-state index in [-0.39, 0.29) is 11.2 Å². The van der Waals surface area contributed by atoms with Gasteiger partial charge in [0.2, 0.25) is 0 Å². The van der Waals surface area contributed by atoms with E-state index >= 15 is 0 Å². The van der Waals surface area contributed by atoms with Gasteiger partial charge in [-0.3, -0.25) is 9.80 Å². The topological polar surface area (TPSA) is 27.7 Å². The van der Waals surface area contributed by atoms with Gasteiger partial charge >= 0.3 is 0 Å². The molecule has 0 aromatic carbocycles. The highest BCUT2D eigenvalue weighted by Crippen LogP contribution is 2.37. The summed E-state index contributed by atoms with van der Waals surface area (Å²) in [5.41, 5.74) is -0.0384. The highest BCUT2D eigenvalue weighted by Gasteiger charge is 2.46. The number of nitrogens with one attached hydrogen (secondary N) is 1. The second kappa shape index (κ2) is 4.69. The summed E-state index contributed by atoms with van der Waals surface area (Å²) in [4.78, 5) is 5.26. The molecule has 4 aliphatic rings. The first-order valence-electron chi connectivity index (χ1n) is 7.76. The van der Waals surface area contributed by atoms with E-state index in [1.807, 2.05) is 0 Å².